The van der Waals surface area contributed by atoms with Crippen molar-refractivity contribution in [1.29, 1.82) is 0 Å². The SMILES string of the molecule is C=C(CCCCC)CC([Se]c1ccccc1)[Se]c1ccccc1. The minimum absolute atomic E-state index is 0.533. The van der Waals surface area contributed by atoms with Crippen molar-refractivity contribution in [2.24, 2.45) is 0 Å². The summed E-state index contributed by atoms with van der Waals surface area (Å²) in [7, 11) is 0. The van der Waals surface area contributed by atoms with Crippen LogP contribution in [0.15, 0.2) is 72.8 Å². The predicted molar refractivity (Wildman–Crippen MR) is 105 cm³/mol. The number of hydrogen-bond acceptors (Lipinski definition) is 0. The van der Waals surface area contributed by atoms with Crippen molar-refractivity contribution in [3.8, 4) is 0 Å². The van der Waals surface area contributed by atoms with Crippen LogP contribution in [0.25, 0.3) is 0 Å². The first kappa shape index (κ1) is 18.6. The number of unbranched alkanes of at least 4 members (excludes halogenated alkanes) is 2. The summed E-state index contributed by atoms with van der Waals surface area (Å²) in [6.45, 7) is 6.64. The van der Waals surface area contributed by atoms with Crippen LogP contribution in [-0.2, 0) is 0 Å². The quantitative estimate of drug-likeness (QED) is 0.296. The van der Waals surface area contributed by atoms with E-state index in [0.29, 0.717) is 29.9 Å². The van der Waals surface area contributed by atoms with Gasteiger partial charge in [0, 0.05) is 0 Å². The van der Waals surface area contributed by atoms with Gasteiger partial charge in [-0.25, -0.2) is 0 Å². The Morgan fingerprint density at radius 1 is 0.870 bits per heavy atom. The van der Waals surface area contributed by atoms with Gasteiger partial charge in [-0.05, 0) is 0 Å². The second-order valence-electron chi connectivity index (χ2n) is 5.70. The van der Waals surface area contributed by atoms with E-state index in [1.165, 1.54) is 46.6 Å². The summed E-state index contributed by atoms with van der Waals surface area (Å²) in [5.74, 6) is 0. The molecule has 0 atom stereocenters. The van der Waals surface area contributed by atoms with E-state index in [1.54, 1.807) is 0 Å². The molecule has 0 heterocycles. The zero-order chi connectivity index (χ0) is 16.3. The van der Waals surface area contributed by atoms with Gasteiger partial charge < -0.3 is 0 Å². The Hall–Kier alpha value is -0.781. The van der Waals surface area contributed by atoms with Gasteiger partial charge in [-0.2, -0.15) is 0 Å². The van der Waals surface area contributed by atoms with E-state index in [-0.39, 0.29) is 0 Å². The Balaban J connectivity index is 1.97. The first-order chi connectivity index (χ1) is 11.3. The van der Waals surface area contributed by atoms with Crippen LogP contribution < -0.4 is 8.92 Å². The third-order valence-corrected chi connectivity index (χ3v) is 9.80. The maximum absolute atomic E-state index is 4.37. The summed E-state index contributed by atoms with van der Waals surface area (Å²) in [4.78, 5) is 0. The normalized spacial score (nSPS) is 10.9. The van der Waals surface area contributed by atoms with Gasteiger partial charge >= 0.3 is 154 Å². The molecule has 0 aliphatic rings. The van der Waals surface area contributed by atoms with E-state index >= 15 is 0 Å². The fourth-order valence-electron chi connectivity index (χ4n) is 2.37. The molecular formula is C21H26Se2. The van der Waals surface area contributed by atoms with E-state index in [1.807, 2.05) is 0 Å². The van der Waals surface area contributed by atoms with Crippen LogP contribution in [0.3, 0.4) is 0 Å². The first-order valence-electron chi connectivity index (χ1n) is 8.38. The van der Waals surface area contributed by atoms with E-state index in [0.717, 1.165) is 3.71 Å². The van der Waals surface area contributed by atoms with Crippen LogP contribution in [-0.4, -0.2) is 29.9 Å². The molecule has 0 spiro atoms. The topological polar surface area (TPSA) is 0 Å². The van der Waals surface area contributed by atoms with E-state index in [2.05, 4.69) is 74.2 Å². The molecule has 2 rings (SSSR count). The first-order valence-corrected chi connectivity index (χ1v) is 12.1. The molecule has 0 bridgehead atoms. The Morgan fingerprint density at radius 3 is 1.87 bits per heavy atom. The van der Waals surface area contributed by atoms with Crippen molar-refractivity contribution < 1.29 is 0 Å². The molecule has 0 N–H and O–H groups in total. The van der Waals surface area contributed by atoms with Crippen LogP contribution in [0.5, 0.6) is 0 Å². The molecule has 0 aromatic heterocycles. The van der Waals surface area contributed by atoms with Crippen molar-refractivity contribution in [2.45, 2.75) is 42.7 Å². The Bertz CT molecular complexity index is 521. The fraction of sp³-hybridized carbons (Fsp3) is 0.333. The molecule has 122 valence electrons. The Kier molecular flexibility index (Phi) is 8.79. The van der Waals surface area contributed by atoms with Crippen LogP contribution in [0.1, 0.15) is 39.0 Å². The third-order valence-electron chi connectivity index (χ3n) is 3.61. The molecule has 2 aromatic rings. The summed E-state index contributed by atoms with van der Waals surface area (Å²) in [5, 5.41) is 0. The number of hydrogen-bond donors (Lipinski definition) is 0. The summed E-state index contributed by atoms with van der Waals surface area (Å²) < 4.78 is 3.81. The van der Waals surface area contributed by atoms with Crippen LogP contribution in [0.4, 0.5) is 0 Å². The van der Waals surface area contributed by atoms with Gasteiger partial charge in [0.2, 0.25) is 0 Å². The fourth-order valence-corrected chi connectivity index (χ4v) is 9.35. The molecule has 23 heavy (non-hydrogen) atoms. The molecule has 0 saturated heterocycles. The zero-order valence-electron chi connectivity index (χ0n) is 13.9. The van der Waals surface area contributed by atoms with E-state index < -0.39 is 0 Å². The molecule has 0 nitrogen and oxygen atoms in total. The van der Waals surface area contributed by atoms with Crippen molar-refractivity contribution >= 4 is 38.8 Å². The zero-order valence-corrected chi connectivity index (χ0v) is 17.3. The summed E-state index contributed by atoms with van der Waals surface area (Å²) in [6.07, 6.45) is 6.34. The molecule has 2 aromatic carbocycles. The van der Waals surface area contributed by atoms with Gasteiger partial charge in [0.1, 0.15) is 0 Å². The van der Waals surface area contributed by atoms with Crippen LogP contribution >= 0.6 is 0 Å². The molecule has 0 radical (unpaired) electrons. The molecular weight excluding hydrogens is 410 g/mol. The standard InChI is InChI=1S/C21H26Se2/c1-3-4-7-12-18(2)17-21(22-19-13-8-5-9-14-19)23-20-15-10-6-11-16-20/h5-6,8-11,13-16,21H,2-4,7,12,17H2,1H3. The summed E-state index contributed by atoms with van der Waals surface area (Å²) >= 11 is 1.07. The van der Waals surface area contributed by atoms with Gasteiger partial charge in [-0.3, -0.25) is 0 Å². The monoisotopic (exact) mass is 438 g/mol. The van der Waals surface area contributed by atoms with Crippen molar-refractivity contribution in [3.63, 3.8) is 0 Å². The van der Waals surface area contributed by atoms with Crippen molar-refractivity contribution in [1.82, 2.24) is 0 Å². The summed E-state index contributed by atoms with van der Waals surface area (Å²) in [6, 6.07) is 22.0. The molecule has 0 aliphatic heterocycles. The van der Waals surface area contributed by atoms with Crippen LogP contribution in [0.2, 0.25) is 3.71 Å². The van der Waals surface area contributed by atoms with Gasteiger partial charge in [0.25, 0.3) is 0 Å². The Morgan fingerprint density at radius 2 is 1.39 bits per heavy atom. The second kappa shape index (κ2) is 10.9. The predicted octanol–water partition coefficient (Wildman–Crippen LogP) is 4.32. The second-order valence-corrected chi connectivity index (χ2v) is 12.6. The van der Waals surface area contributed by atoms with Crippen LogP contribution in [0, 0.1) is 0 Å². The molecule has 0 saturated carbocycles. The number of rotatable bonds is 10. The Labute approximate surface area is 154 Å². The number of benzene rings is 2. The van der Waals surface area contributed by atoms with E-state index in [9.17, 15) is 0 Å². The summed E-state index contributed by atoms with van der Waals surface area (Å²) in [5.41, 5.74) is 1.46. The average Bonchev–Trinajstić information content (AvgIpc) is 2.57. The molecule has 0 amide bonds. The van der Waals surface area contributed by atoms with Gasteiger partial charge in [0.15, 0.2) is 0 Å². The third kappa shape index (κ3) is 7.55. The average molecular weight is 436 g/mol. The molecule has 0 aliphatic carbocycles. The molecule has 2 heteroatoms. The van der Waals surface area contributed by atoms with Crippen molar-refractivity contribution in [2.75, 3.05) is 0 Å². The minimum atomic E-state index is 0.533. The van der Waals surface area contributed by atoms with Gasteiger partial charge in [-0.15, -0.1) is 0 Å². The van der Waals surface area contributed by atoms with Gasteiger partial charge in [0.05, 0.1) is 0 Å². The molecule has 0 fully saturated rings. The maximum atomic E-state index is 4.37. The van der Waals surface area contributed by atoms with E-state index in [4.69, 9.17) is 0 Å². The van der Waals surface area contributed by atoms with Gasteiger partial charge in [-0.1, -0.05) is 0 Å². The molecule has 0 unspecified atom stereocenters. The number of allylic oxidation sites excluding steroid dienone is 1. The van der Waals surface area contributed by atoms with Crippen molar-refractivity contribution in [3.05, 3.63) is 72.8 Å².